The second kappa shape index (κ2) is 5.84. The van der Waals surface area contributed by atoms with Crippen LogP contribution >= 0.6 is 0 Å². The van der Waals surface area contributed by atoms with Crippen molar-refractivity contribution in [3.63, 3.8) is 0 Å². The minimum absolute atomic E-state index is 0.0549. The first kappa shape index (κ1) is 13.5. The lowest BCUT2D eigenvalue weighted by molar-refractivity contribution is -0.159. The number of rotatable bonds is 3. The Balaban J connectivity index is 2.05. The number of carbonyl (C=O) groups excluding carboxylic acids is 1. The molecule has 0 saturated carbocycles. The predicted molar refractivity (Wildman–Crippen MR) is 68.8 cm³/mol. The summed E-state index contributed by atoms with van der Waals surface area (Å²) in [4.78, 5) is 24.8. The van der Waals surface area contributed by atoms with Gasteiger partial charge in [0.2, 0.25) is 5.91 Å². The van der Waals surface area contributed by atoms with Crippen LogP contribution in [0.15, 0.2) is 30.3 Å². The fourth-order valence-corrected chi connectivity index (χ4v) is 2.16. The molecule has 1 amide bonds. The summed E-state index contributed by atoms with van der Waals surface area (Å²) < 4.78 is 5.11. The summed E-state index contributed by atoms with van der Waals surface area (Å²) in [6, 6.07) is 9.47. The molecule has 5 heteroatoms. The van der Waals surface area contributed by atoms with Crippen LogP contribution in [-0.4, -0.2) is 47.7 Å². The molecule has 2 atom stereocenters. The number of amides is 1. The largest absolute Gasteiger partial charge is 0.479 e. The number of benzene rings is 1. The molecule has 1 aromatic rings. The van der Waals surface area contributed by atoms with Gasteiger partial charge >= 0.3 is 5.97 Å². The highest BCUT2D eigenvalue weighted by Gasteiger charge is 2.31. The Morgan fingerprint density at radius 3 is 2.68 bits per heavy atom. The van der Waals surface area contributed by atoms with E-state index in [2.05, 4.69) is 0 Å². The summed E-state index contributed by atoms with van der Waals surface area (Å²) in [6.07, 6.45) is -0.916. The van der Waals surface area contributed by atoms with E-state index >= 15 is 0 Å². The number of aliphatic carboxylic acids is 1. The SMILES string of the molecule is CC(C(=O)N1CCOC(C(=O)O)C1)c1ccccc1. The van der Waals surface area contributed by atoms with Gasteiger partial charge in [0.1, 0.15) is 0 Å². The topological polar surface area (TPSA) is 66.8 Å². The molecule has 0 aromatic heterocycles. The summed E-state index contributed by atoms with van der Waals surface area (Å²) in [5.41, 5.74) is 0.936. The number of nitrogens with zero attached hydrogens (tertiary/aromatic N) is 1. The van der Waals surface area contributed by atoms with Crippen molar-refractivity contribution in [3.05, 3.63) is 35.9 Å². The van der Waals surface area contributed by atoms with E-state index in [1.807, 2.05) is 37.3 Å². The molecule has 0 spiro atoms. The molecule has 1 aliphatic rings. The third-order valence-corrected chi connectivity index (χ3v) is 3.32. The predicted octanol–water partition coefficient (Wildman–Crippen LogP) is 1.10. The third kappa shape index (κ3) is 3.12. The van der Waals surface area contributed by atoms with E-state index in [-0.39, 0.29) is 25.0 Å². The molecule has 0 radical (unpaired) electrons. The van der Waals surface area contributed by atoms with Gasteiger partial charge in [0.15, 0.2) is 6.10 Å². The van der Waals surface area contributed by atoms with Crippen LogP contribution in [0.2, 0.25) is 0 Å². The van der Waals surface area contributed by atoms with Gasteiger partial charge in [-0.25, -0.2) is 4.79 Å². The smallest absolute Gasteiger partial charge is 0.334 e. The average Bonchev–Trinajstić information content (AvgIpc) is 2.46. The molecule has 5 nitrogen and oxygen atoms in total. The molecule has 0 aliphatic carbocycles. The lowest BCUT2D eigenvalue weighted by atomic mass is 9.99. The molecular formula is C14H17NO4. The maximum Gasteiger partial charge on any atom is 0.334 e. The van der Waals surface area contributed by atoms with Crippen molar-refractivity contribution >= 4 is 11.9 Å². The maximum absolute atomic E-state index is 12.3. The van der Waals surface area contributed by atoms with E-state index in [4.69, 9.17) is 9.84 Å². The van der Waals surface area contributed by atoms with Crippen LogP contribution in [0.3, 0.4) is 0 Å². The number of hydrogen-bond donors (Lipinski definition) is 1. The van der Waals surface area contributed by atoms with Crippen molar-refractivity contribution in [1.82, 2.24) is 4.90 Å². The number of carboxylic acids is 1. The van der Waals surface area contributed by atoms with E-state index in [9.17, 15) is 9.59 Å². The molecule has 0 bridgehead atoms. The Bertz CT molecular complexity index is 460. The van der Waals surface area contributed by atoms with Crippen molar-refractivity contribution < 1.29 is 19.4 Å². The summed E-state index contributed by atoms with van der Waals surface area (Å²) in [5, 5.41) is 8.93. The zero-order valence-electron chi connectivity index (χ0n) is 10.8. The molecule has 1 saturated heterocycles. The minimum Gasteiger partial charge on any atom is -0.479 e. The van der Waals surface area contributed by atoms with E-state index in [0.717, 1.165) is 5.56 Å². The first-order chi connectivity index (χ1) is 9.09. The highest BCUT2D eigenvalue weighted by Crippen LogP contribution is 2.19. The van der Waals surface area contributed by atoms with Gasteiger partial charge in [-0.2, -0.15) is 0 Å². The van der Waals surface area contributed by atoms with Gasteiger partial charge in [-0.3, -0.25) is 4.79 Å². The molecule has 2 unspecified atom stereocenters. The Kier molecular flexibility index (Phi) is 4.16. The fourth-order valence-electron chi connectivity index (χ4n) is 2.16. The standard InChI is InChI=1S/C14H17NO4/c1-10(11-5-3-2-4-6-11)13(16)15-7-8-19-12(9-15)14(17)18/h2-6,10,12H,7-9H2,1H3,(H,17,18). The summed E-state index contributed by atoms with van der Waals surface area (Å²) in [7, 11) is 0. The number of morpholine rings is 1. The quantitative estimate of drug-likeness (QED) is 0.887. The molecule has 19 heavy (non-hydrogen) atoms. The Labute approximate surface area is 111 Å². The lowest BCUT2D eigenvalue weighted by Gasteiger charge is -2.32. The van der Waals surface area contributed by atoms with Crippen LogP contribution in [0.25, 0.3) is 0 Å². The highest BCUT2D eigenvalue weighted by molar-refractivity contribution is 5.84. The number of carboxylic acid groups (broad SMARTS) is 1. The second-order valence-electron chi connectivity index (χ2n) is 4.61. The first-order valence-electron chi connectivity index (χ1n) is 6.27. The van der Waals surface area contributed by atoms with Crippen LogP contribution in [0.4, 0.5) is 0 Å². The van der Waals surface area contributed by atoms with Crippen LogP contribution in [0.5, 0.6) is 0 Å². The van der Waals surface area contributed by atoms with Crippen molar-refractivity contribution in [2.45, 2.75) is 18.9 Å². The lowest BCUT2D eigenvalue weighted by Crippen LogP contribution is -2.49. The van der Waals surface area contributed by atoms with Gasteiger partial charge in [0, 0.05) is 6.54 Å². The van der Waals surface area contributed by atoms with E-state index < -0.39 is 12.1 Å². The number of hydrogen-bond acceptors (Lipinski definition) is 3. The molecule has 1 fully saturated rings. The zero-order chi connectivity index (χ0) is 13.8. The zero-order valence-corrected chi connectivity index (χ0v) is 10.8. The van der Waals surface area contributed by atoms with E-state index in [1.54, 1.807) is 4.90 Å². The van der Waals surface area contributed by atoms with Crippen LogP contribution in [0, 0.1) is 0 Å². The first-order valence-corrected chi connectivity index (χ1v) is 6.27. The molecule has 2 rings (SSSR count). The third-order valence-electron chi connectivity index (χ3n) is 3.32. The van der Waals surface area contributed by atoms with Gasteiger partial charge < -0.3 is 14.7 Å². The van der Waals surface area contributed by atoms with Gasteiger partial charge in [0.05, 0.1) is 19.1 Å². The maximum atomic E-state index is 12.3. The second-order valence-corrected chi connectivity index (χ2v) is 4.61. The summed E-state index contributed by atoms with van der Waals surface area (Å²) in [5.74, 6) is -1.35. The normalized spacial score (nSPS) is 20.9. The number of carbonyl (C=O) groups is 2. The van der Waals surface area contributed by atoms with Crippen molar-refractivity contribution in [3.8, 4) is 0 Å². The van der Waals surface area contributed by atoms with Crippen molar-refractivity contribution in [2.75, 3.05) is 19.7 Å². The van der Waals surface area contributed by atoms with Crippen LogP contribution in [0.1, 0.15) is 18.4 Å². The van der Waals surface area contributed by atoms with Gasteiger partial charge in [-0.05, 0) is 12.5 Å². The minimum atomic E-state index is -1.02. The summed E-state index contributed by atoms with van der Waals surface area (Å²) in [6.45, 7) is 2.66. The van der Waals surface area contributed by atoms with Crippen molar-refractivity contribution in [1.29, 1.82) is 0 Å². The van der Waals surface area contributed by atoms with Crippen LogP contribution in [-0.2, 0) is 14.3 Å². The van der Waals surface area contributed by atoms with E-state index in [0.29, 0.717) is 6.54 Å². The Morgan fingerprint density at radius 2 is 2.05 bits per heavy atom. The van der Waals surface area contributed by atoms with Gasteiger partial charge in [-0.15, -0.1) is 0 Å². The van der Waals surface area contributed by atoms with Crippen LogP contribution < -0.4 is 0 Å². The average molecular weight is 263 g/mol. The van der Waals surface area contributed by atoms with Gasteiger partial charge in [-0.1, -0.05) is 30.3 Å². The molecule has 1 heterocycles. The molecule has 102 valence electrons. The molecular weight excluding hydrogens is 246 g/mol. The van der Waals surface area contributed by atoms with Gasteiger partial charge in [0.25, 0.3) is 0 Å². The Morgan fingerprint density at radius 1 is 1.37 bits per heavy atom. The van der Waals surface area contributed by atoms with Crippen molar-refractivity contribution in [2.24, 2.45) is 0 Å². The summed E-state index contributed by atoms with van der Waals surface area (Å²) >= 11 is 0. The number of ether oxygens (including phenoxy) is 1. The Hall–Kier alpha value is -1.88. The molecule has 1 aromatic carbocycles. The molecule has 1 aliphatic heterocycles. The van der Waals surface area contributed by atoms with E-state index in [1.165, 1.54) is 0 Å². The fraction of sp³-hybridized carbons (Fsp3) is 0.429. The molecule has 1 N–H and O–H groups in total. The highest BCUT2D eigenvalue weighted by atomic mass is 16.5. The monoisotopic (exact) mass is 263 g/mol.